The highest BCUT2D eigenvalue weighted by Gasteiger charge is 2.37. The van der Waals surface area contributed by atoms with Crippen LogP contribution in [0, 0.1) is 6.92 Å². The number of hydrogen-bond acceptors (Lipinski definition) is 5. The number of aromatic nitrogens is 2. The Morgan fingerprint density at radius 3 is 2.20 bits per heavy atom. The van der Waals surface area contributed by atoms with Crippen LogP contribution >= 0.6 is 0 Å². The summed E-state index contributed by atoms with van der Waals surface area (Å²) >= 11 is 0. The van der Waals surface area contributed by atoms with Gasteiger partial charge in [-0.15, -0.1) is 0 Å². The molecule has 1 fully saturated rings. The SMILES string of the molecule is Cc1cnc(C2CCCN2C(=O)OC(C)(C)C)n1C(=O)OC(C)(C)C. The summed E-state index contributed by atoms with van der Waals surface area (Å²) in [5, 5.41) is 0. The van der Waals surface area contributed by atoms with E-state index < -0.39 is 17.3 Å². The van der Waals surface area contributed by atoms with E-state index in [1.54, 1.807) is 18.0 Å². The first-order valence-corrected chi connectivity index (χ1v) is 8.66. The lowest BCUT2D eigenvalue weighted by molar-refractivity contribution is 0.0207. The minimum Gasteiger partial charge on any atom is -0.444 e. The van der Waals surface area contributed by atoms with Crippen molar-refractivity contribution < 1.29 is 19.1 Å². The van der Waals surface area contributed by atoms with E-state index in [9.17, 15) is 9.59 Å². The van der Waals surface area contributed by atoms with Gasteiger partial charge in [-0.1, -0.05) is 0 Å². The molecule has 0 saturated carbocycles. The number of imidazole rings is 1. The normalized spacial score (nSPS) is 18.4. The molecule has 0 bridgehead atoms. The van der Waals surface area contributed by atoms with Gasteiger partial charge in [-0.05, 0) is 61.3 Å². The van der Waals surface area contributed by atoms with Gasteiger partial charge in [0.1, 0.15) is 17.0 Å². The highest BCUT2D eigenvalue weighted by Crippen LogP contribution is 2.33. The Labute approximate surface area is 149 Å². The van der Waals surface area contributed by atoms with Crippen molar-refractivity contribution in [2.45, 2.75) is 78.6 Å². The van der Waals surface area contributed by atoms with Crippen molar-refractivity contribution in [3.8, 4) is 0 Å². The first kappa shape index (κ1) is 19.3. The fourth-order valence-corrected chi connectivity index (χ4v) is 2.81. The molecule has 2 heterocycles. The zero-order valence-corrected chi connectivity index (χ0v) is 16.3. The number of rotatable bonds is 1. The Kier molecular flexibility index (Phi) is 5.16. The molecule has 1 aromatic rings. The Morgan fingerprint density at radius 2 is 1.64 bits per heavy atom. The smallest absolute Gasteiger partial charge is 0.420 e. The van der Waals surface area contributed by atoms with Crippen molar-refractivity contribution in [3.05, 3.63) is 17.7 Å². The molecule has 0 aliphatic carbocycles. The van der Waals surface area contributed by atoms with Gasteiger partial charge in [-0.3, -0.25) is 4.90 Å². The molecule has 0 N–H and O–H groups in total. The lowest BCUT2D eigenvalue weighted by atomic mass is 10.2. The molecular formula is C18H29N3O4. The van der Waals surface area contributed by atoms with E-state index in [1.165, 1.54) is 4.57 Å². The minimum absolute atomic E-state index is 0.295. The van der Waals surface area contributed by atoms with E-state index in [4.69, 9.17) is 9.47 Å². The number of hydrogen-bond donors (Lipinski definition) is 0. The summed E-state index contributed by atoms with van der Waals surface area (Å²) in [4.78, 5) is 31.1. The van der Waals surface area contributed by atoms with Crippen molar-refractivity contribution in [1.82, 2.24) is 14.5 Å². The van der Waals surface area contributed by atoms with E-state index >= 15 is 0 Å². The molecule has 140 valence electrons. The van der Waals surface area contributed by atoms with Crippen molar-refractivity contribution >= 4 is 12.2 Å². The largest absolute Gasteiger partial charge is 0.444 e. The molecule has 1 atom stereocenters. The van der Waals surface area contributed by atoms with Gasteiger partial charge in [-0.25, -0.2) is 19.1 Å². The quantitative estimate of drug-likeness (QED) is 0.763. The van der Waals surface area contributed by atoms with Crippen LogP contribution in [0.1, 0.15) is 71.9 Å². The van der Waals surface area contributed by atoms with Crippen molar-refractivity contribution in [3.63, 3.8) is 0 Å². The minimum atomic E-state index is -0.606. The summed E-state index contributed by atoms with van der Waals surface area (Å²) in [5.41, 5.74) is -0.493. The Morgan fingerprint density at radius 1 is 1.08 bits per heavy atom. The summed E-state index contributed by atoms with van der Waals surface area (Å²) < 4.78 is 12.4. The van der Waals surface area contributed by atoms with Crippen LogP contribution in [-0.2, 0) is 9.47 Å². The van der Waals surface area contributed by atoms with Crippen LogP contribution in [0.2, 0.25) is 0 Å². The van der Waals surface area contributed by atoms with Crippen molar-refractivity contribution in [2.75, 3.05) is 6.54 Å². The van der Waals surface area contributed by atoms with Crippen LogP contribution in [0.4, 0.5) is 9.59 Å². The van der Waals surface area contributed by atoms with E-state index in [1.807, 2.05) is 41.5 Å². The van der Waals surface area contributed by atoms with Crippen LogP contribution in [0.15, 0.2) is 6.20 Å². The third-order valence-corrected chi connectivity index (χ3v) is 3.72. The van der Waals surface area contributed by atoms with Gasteiger partial charge in [0.25, 0.3) is 0 Å². The molecule has 0 aromatic carbocycles. The van der Waals surface area contributed by atoms with Gasteiger partial charge in [0, 0.05) is 18.4 Å². The van der Waals surface area contributed by atoms with Gasteiger partial charge in [0.05, 0.1) is 6.04 Å². The second kappa shape index (κ2) is 6.69. The van der Waals surface area contributed by atoms with Crippen LogP contribution < -0.4 is 0 Å². The Balaban J connectivity index is 2.29. The van der Waals surface area contributed by atoms with Crippen LogP contribution in [-0.4, -0.2) is 44.4 Å². The zero-order valence-electron chi connectivity index (χ0n) is 16.3. The molecule has 7 heteroatoms. The third-order valence-electron chi connectivity index (χ3n) is 3.72. The number of aryl methyl sites for hydroxylation is 1. The summed E-state index contributed by atoms with van der Waals surface area (Å²) in [6.45, 7) is 13.3. The maximum absolute atomic E-state index is 12.6. The first-order chi connectivity index (χ1) is 11.4. The number of likely N-dealkylation sites (tertiary alicyclic amines) is 1. The maximum Gasteiger partial charge on any atom is 0.420 e. The van der Waals surface area contributed by atoms with Crippen LogP contribution in [0.5, 0.6) is 0 Å². The molecule has 0 radical (unpaired) electrons. The molecule has 2 rings (SSSR count). The summed E-state index contributed by atoms with van der Waals surface area (Å²) in [7, 11) is 0. The summed E-state index contributed by atoms with van der Waals surface area (Å²) in [6, 6.07) is -0.295. The predicted molar refractivity (Wildman–Crippen MR) is 93.5 cm³/mol. The predicted octanol–water partition coefficient (Wildman–Crippen LogP) is 4.05. The highest BCUT2D eigenvalue weighted by molar-refractivity contribution is 5.73. The Bertz CT molecular complexity index is 652. The topological polar surface area (TPSA) is 73.7 Å². The second-order valence-corrected chi connectivity index (χ2v) is 8.41. The number of carbonyl (C=O) groups is 2. The average molecular weight is 351 g/mol. The molecule has 1 saturated heterocycles. The average Bonchev–Trinajstić information content (AvgIpc) is 3.00. The highest BCUT2D eigenvalue weighted by atomic mass is 16.6. The fraction of sp³-hybridized carbons (Fsp3) is 0.722. The van der Waals surface area contributed by atoms with Gasteiger partial charge in [0.2, 0.25) is 0 Å². The molecule has 1 unspecified atom stereocenters. The second-order valence-electron chi connectivity index (χ2n) is 8.41. The molecule has 1 amide bonds. The Hall–Kier alpha value is -2.05. The first-order valence-electron chi connectivity index (χ1n) is 8.66. The lowest BCUT2D eigenvalue weighted by Crippen LogP contribution is -2.38. The van der Waals surface area contributed by atoms with E-state index in [2.05, 4.69) is 4.98 Å². The fourth-order valence-electron chi connectivity index (χ4n) is 2.81. The molecule has 0 spiro atoms. The molecule has 7 nitrogen and oxygen atoms in total. The molecule has 25 heavy (non-hydrogen) atoms. The number of ether oxygens (including phenoxy) is 2. The van der Waals surface area contributed by atoms with Gasteiger partial charge >= 0.3 is 12.2 Å². The van der Waals surface area contributed by atoms with Crippen LogP contribution in [0.25, 0.3) is 0 Å². The van der Waals surface area contributed by atoms with Gasteiger partial charge < -0.3 is 9.47 Å². The molecular weight excluding hydrogens is 322 g/mol. The summed E-state index contributed by atoms with van der Waals surface area (Å²) in [6.07, 6.45) is 2.34. The van der Waals surface area contributed by atoms with Crippen LogP contribution in [0.3, 0.4) is 0 Å². The van der Waals surface area contributed by atoms with E-state index in [0.717, 1.165) is 12.8 Å². The number of nitrogens with zero attached hydrogens (tertiary/aromatic N) is 3. The van der Waals surface area contributed by atoms with Crippen molar-refractivity contribution in [1.29, 1.82) is 0 Å². The summed E-state index contributed by atoms with van der Waals surface area (Å²) in [5.74, 6) is 0.523. The number of carbonyl (C=O) groups excluding carboxylic acids is 2. The lowest BCUT2D eigenvalue weighted by Gasteiger charge is -2.29. The third kappa shape index (κ3) is 4.74. The zero-order chi connectivity index (χ0) is 19.0. The standard InChI is InChI=1S/C18H29N3O4/c1-12-11-19-14(21(12)16(23)25-18(5,6)7)13-9-8-10-20(13)15(22)24-17(2,3)4/h11,13H,8-10H2,1-7H3. The van der Waals surface area contributed by atoms with Gasteiger partial charge in [0.15, 0.2) is 0 Å². The van der Waals surface area contributed by atoms with Gasteiger partial charge in [-0.2, -0.15) is 0 Å². The van der Waals surface area contributed by atoms with E-state index in [-0.39, 0.29) is 12.1 Å². The maximum atomic E-state index is 12.6. The molecule has 1 aliphatic heterocycles. The monoisotopic (exact) mass is 351 g/mol. The number of amides is 1. The molecule has 1 aliphatic rings. The molecule has 1 aromatic heterocycles. The van der Waals surface area contributed by atoms with Crippen molar-refractivity contribution in [2.24, 2.45) is 0 Å². The van der Waals surface area contributed by atoms with E-state index in [0.29, 0.717) is 18.1 Å².